The van der Waals surface area contributed by atoms with E-state index in [1.54, 1.807) is 6.07 Å². The third-order valence-electron chi connectivity index (χ3n) is 1.88. The quantitative estimate of drug-likeness (QED) is 0.813. The standard InChI is InChI=1S/C12H15N3O/c1-9(2)14-10-5-3-4-6-11(10)15-12(16)7-8-13/h3-6,9,14H,7H2,1-2H3,(H,15,16). The molecule has 0 unspecified atom stereocenters. The molecule has 2 N–H and O–H groups in total. The minimum Gasteiger partial charge on any atom is -0.381 e. The highest BCUT2D eigenvalue weighted by Gasteiger charge is 2.06. The highest BCUT2D eigenvalue weighted by Crippen LogP contribution is 2.21. The summed E-state index contributed by atoms with van der Waals surface area (Å²) in [7, 11) is 0. The average molecular weight is 217 g/mol. The second-order valence-corrected chi connectivity index (χ2v) is 3.73. The second kappa shape index (κ2) is 5.76. The number of hydrogen-bond acceptors (Lipinski definition) is 3. The van der Waals surface area contributed by atoms with Gasteiger partial charge in [-0.05, 0) is 26.0 Å². The predicted molar refractivity (Wildman–Crippen MR) is 64.1 cm³/mol. The summed E-state index contributed by atoms with van der Waals surface area (Å²) in [5, 5.41) is 14.3. The largest absolute Gasteiger partial charge is 0.381 e. The molecule has 0 aromatic heterocycles. The Hall–Kier alpha value is -2.02. The normalized spacial score (nSPS) is 9.62. The van der Waals surface area contributed by atoms with Gasteiger partial charge in [-0.15, -0.1) is 0 Å². The van der Waals surface area contributed by atoms with E-state index in [-0.39, 0.29) is 18.4 Å². The fourth-order valence-electron chi connectivity index (χ4n) is 1.30. The van der Waals surface area contributed by atoms with Crippen LogP contribution >= 0.6 is 0 Å². The van der Waals surface area contributed by atoms with Crippen molar-refractivity contribution in [1.82, 2.24) is 0 Å². The van der Waals surface area contributed by atoms with E-state index in [0.29, 0.717) is 5.69 Å². The maximum Gasteiger partial charge on any atom is 0.238 e. The number of nitriles is 1. The van der Waals surface area contributed by atoms with Crippen molar-refractivity contribution < 1.29 is 4.79 Å². The molecule has 0 fully saturated rings. The van der Waals surface area contributed by atoms with Crippen LogP contribution in [0.3, 0.4) is 0 Å². The molecule has 0 saturated carbocycles. The Balaban J connectivity index is 2.79. The number of rotatable bonds is 4. The number of hydrogen-bond donors (Lipinski definition) is 2. The van der Waals surface area contributed by atoms with Crippen LogP contribution in [0.1, 0.15) is 20.3 Å². The van der Waals surface area contributed by atoms with Crippen molar-refractivity contribution in [3.63, 3.8) is 0 Å². The topological polar surface area (TPSA) is 64.9 Å². The minimum atomic E-state index is -0.291. The van der Waals surface area contributed by atoms with E-state index in [1.807, 2.05) is 38.1 Å². The molecule has 0 spiro atoms. The summed E-state index contributed by atoms with van der Waals surface area (Å²) in [5.74, 6) is -0.291. The second-order valence-electron chi connectivity index (χ2n) is 3.73. The molecule has 4 heteroatoms. The van der Waals surface area contributed by atoms with Gasteiger partial charge < -0.3 is 10.6 Å². The Labute approximate surface area is 95.3 Å². The Bertz CT molecular complexity index is 407. The number of benzene rings is 1. The van der Waals surface area contributed by atoms with Crippen LogP contribution in [0.4, 0.5) is 11.4 Å². The molecule has 0 aliphatic carbocycles. The lowest BCUT2D eigenvalue weighted by atomic mass is 10.2. The monoisotopic (exact) mass is 217 g/mol. The lowest BCUT2D eigenvalue weighted by Crippen LogP contribution is -2.15. The highest BCUT2D eigenvalue weighted by molar-refractivity contribution is 5.95. The van der Waals surface area contributed by atoms with Crippen molar-refractivity contribution in [2.24, 2.45) is 0 Å². The Morgan fingerprint density at radius 2 is 2.00 bits per heavy atom. The van der Waals surface area contributed by atoms with Crippen LogP contribution in [0.25, 0.3) is 0 Å². The summed E-state index contributed by atoms with van der Waals surface area (Å²) in [6, 6.07) is 9.53. The molecule has 0 saturated heterocycles. The number of carbonyl (C=O) groups excluding carboxylic acids is 1. The number of carbonyl (C=O) groups is 1. The van der Waals surface area contributed by atoms with Crippen LogP contribution < -0.4 is 10.6 Å². The van der Waals surface area contributed by atoms with Crippen LogP contribution in [-0.2, 0) is 4.79 Å². The fraction of sp³-hybridized carbons (Fsp3) is 0.333. The van der Waals surface area contributed by atoms with Gasteiger partial charge in [0.15, 0.2) is 0 Å². The van der Waals surface area contributed by atoms with Crippen LogP contribution in [0, 0.1) is 11.3 Å². The van der Waals surface area contributed by atoms with Crippen molar-refractivity contribution >= 4 is 17.3 Å². The first-order valence-electron chi connectivity index (χ1n) is 5.16. The van der Waals surface area contributed by atoms with Crippen LogP contribution in [0.2, 0.25) is 0 Å². The average Bonchev–Trinajstić information content (AvgIpc) is 2.20. The molecule has 0 atom stereocenters. The molecule has 0 heterocycles. The van der Waals surface area contributed by atoms with Gasteiger partial charge >= 0.3 is 0 Å². The van der Waals surface area contributed by atoms with Crippen LogP contribution in [0.5, 0.6) is 0 Å². The van der Waals surface area contributed by atoms with Crippen molar-refractivity contribution in [2.45, 2.75) is 26.3 Å². The Kier molecular flexibility index (Phi) is 4.34. The zero-order valence-corrected chi connectivity index (χ0v) is 9.45. The smallest absolute Gasteiger partial charge is 0.238 e. The zero-order valence-electron chi connectivity index (χ0n) is 9.45. The fourth-order valence-corrected chi connectivity index (χ4v) is 1.30. The number of nitrogens with one attached hydrogen (secondary N) is 2. The molecule has 16 heavy (non-hydrogen) atoms. The first-order valence-corrected chi connectivity index (χ1v) is 5.16. The van der Waals surface area contributed by atoms with Gasteiger partial charge in [-0.2, -0.15) is 5.26 Å². The molecular weight excluding hydrogens is 202 g/mol. The summed E-state index contributed by atoms with van der Waals surface area (Å²) < 4.78 is 0. The lowest BCUT2D eigenvalue weighted by molar-refractivity contribution is -0.115. The number of nitrogens with zero attached hydrogens (tertiary/aromatic N) is 1. The van der Waals surface area contributed by atoms with Gasteiger partial charge in [0.25, 0.3) is 0 Å². The summed E-state index contributed by atoms with van der Waals surface area (Å²) in [5.41, 5.74) is 1.57. The summed E-state index contributed by atoms with van der Waals surface area (Å²) in [4.78, 5) is 11.3. The first kappa shape index (κ1) is 12.1. The molecule has 0 aliphatic rings. The molecule has 1 rings (SSSR count). The highest BCUT2D eigenvalue weighted by atomic mass is 16.1. The van der Waals surface area contributed by atoms with Crippen molar-refractivity contribution in [1.29, 1.82) is 5.26 Å². The maximum absolute atomic E-state index is 11.3. The summed E-state index contributed by atoms with van der Waals surface area (Å²) in [6.45, 7) is 4.04. The van der Waals surface area contributed by atoms with E-state index >= 15 is 0 Å². The zero-order chi connectivity index (χ0) is 12.0. The van der Waals surface area contributed by atoms with Gasteiger partial charge in [0.2, 0.25) is 5.91 Å². The van der Waals surface area contributed by atoms with Gasteiger partial charge in [-0.1, -0.05) is 12.1 Å². The Morgan fingerprint density at radius 3 is 2.56 bits per heavy atom. The van der Waals surface area contributed by atoms with E-state index in [0.717, 1.165) is 5.69 Å². The van der Waals surface area contributed by atoms with Crippen LogP contribution in [0.15, 0.2) is 24.3 Å². The van der Waals surface area contributed by atoms with Crippen molar-refractivity contribution in [3.05, 3.63) is 24.3 Å². The third kappa shape index (κ3) is 3.62. The van der Waals surface area contributed by atoms with Crippen LogP contribution in [-0.4, -0.2) is 11.9 Å². The van der Waals surface area contributed by atoms with Crippen molar-refractivity contribution in [2.75, 3.05) is 10.6 Å². The Morgan fingerprint density at radius 1 is 1.38 bits per heavy atom. The number of amides is 1. The third-order valence-corrected chi connectivity index (χ3v) is 1.88. The van der Waals surface area contributed by atoms with Gasteiger partial charge in [-0.3, -0.25) is 4.79 Å². The van der Waals surface area contributed by atoms with Gasteiger partial charge in [0, 0.05) is 6.04 Å². The molecular formula is C12H15N3O. The first-order chi connectivity index (χ1) is 7.63. The SMILES string of the molecule is CC(C)Nc1ccccc1NC(=O)CC#N. The molecule has 1 aromatic rings. The summed E-state index contributed by atoms with van der Waals surface area (Å²) in [6.07, 6.45) is -0.129. The van der Waals surface area contributed by atoms with Crippen molar-refractivity contribution in [3.8, 4) is 6.07 Å². The van der Waals surface area contributed by atoms with Gasteiger partial charge in [0.1, 0.15) is 6.42 Å². The van der Waals surface area contributed by atoms with E-state index < -0.39 is 0 Å². The molecule has 0 bridgehead atoms. The van der Waals surface area contributed by atoms with Gasteiger partial charge in [-0.25, -0.2) is 0 Å². The maximum atomic E-state index is 11.3. The molecule has 4 nitrogen and oxygen atoms in total. The molecule has 0 aliphatic heterocycles. The minimum absolute atomic E-state index is 0.129. The summed E-state index contributed by atoms with van der Waals surface area (Å²) >= 11 is 0. The number of para-hydroxylation sites is 2. The van der Waals surface area contributed by atoms with Gasteiger partial charge in [0.05, 0.1) is 17.4 Å². The van der Waals surface area contributed by atoms with E-state index in [2.05, 4.69) is 10.6 Å². The molecule has 0 radical (unpaired) electrons. The molecule has 1 aromatic carbocycles. The molecule has 1 amide bonds. The molecule has 84 valence electrons. The van der Waals surface area contributed by atoms with E-state index in [1.165, 1.54) is 0 Å². The predicted octanol–water partition coefficient (Wildman–Crippen LogP) is 2.36. The lowest BCUT2D eigenvalue weighted by Gasteiger charge is -2.14. The van der Waals surface area contributed by atoms with E-state index in [9.17, 15) is 4.79 Å². The van der Waals surface area contributed by atoms with E-state index in [4.69, 9.17) is 5.26 Å². The number of anilines is 2.